The number of hydrogen-bond acceptors (Lipinski definition) is 4. The molecule has 2 aromatic rings. The van der Waals surface area contributed by atoms with Crippen LogP contribution in [0.15, 0.2) is 12.5 Å². The van der Waals surface area contributed by atoms with Gasteiger partial charge in [-0.15, -0.1) is 0 Å². The molecular weight excluding hydrogens is 154 g/mol. The van der Waals surface area contributed by atoms with Crippen molar-refractivity contribution < 1.29 is 0 Å². The zero-order valence-corrected chi connectivity index (χ0v) is 6.07. The molecule has 0 bridgehead atoms. The lowest BCUT2D eigenvalue weighted by molar-refractivity contribution is 1.22. The maximum Gasteiger partial charge on any atom is 0.151 e. The summed E-state index contributed by atoms with van der Waals surface area (Å²) in [6, 6.07) is 2.00. The summed E-state index contributed by atoms with van der Waals surface area (Å²) < 4.78 is 0. The average molecular weight is 159 g/mol. The number of nitriles is 1. The number of nitrogens with zero attached hydrogens (tertiary/aromatic N) is 3. The first-order valence-corrected chi connectivity index (χ1v) is 3.30. The number of aromatic nitrogens is 3. The molecule has 0 aromatic carbocycles. The van der Waals surface area contributed by atoms with E-state index in [0.29, 0.717) is 22.4 Å². The quantitative estimate of drug-likeness (QED) is 0.582. The van der Waals surface area contributed by atoms with E-state index in [0.717, 1.165) is 0 Å². The van der Waals surface area contributed by atoms with Crippen molar-refractivity contribution >= 4 is 16.9 Å². The second-order valence-corrected chi connectivity index (χ2v) is 2.30. The Morgan fingerprint density at radius 2 is 2.33 bits per heavy atom. The van der Waals surface area contributed by atoms with Crippen molar-refractivity contribution in [2.75, 3.05) is 5.73 Å². The highest BCUT2D eigenvalue weighted by atomic mass is 14.9. The van der Waals surface area contributed by atoms with E-state index >= 15 is 0 Å². The number of aromatic amines is 1. The van der Waals surface area contributed by atoms with Crippen LogP contribution in [0.4, 0.5) is 5.82 Å². The Hall–Kier alpha value is -2.09. The third kappa shape index (κ3) is 0.720. The summed E-state index contributed by atoms with van der Waals surface area (Å²) in [5, 5.41) is 8.64. The minimum Gasteiger partial charge on any atom is -0.382 e. The van der Waals surface area contributed by atoms with Crippen LogP contribution in [0.5, 0.6) is 0 Å². The molecule has 0 unspecified atom stereocenters. The van der Waals surface area contributed by atoms with Crippen LogP contribution < -0.4 is 5.73 Å². The van der Waals surface area contributed by atoms with Gasteiger partial charge in [-0.2, -0.15) is 5.26 Å². The van der Waals surface area contributed by atoms with Crippen LogP contribution in [-0.2, 0) is 0 Å². The van der Waals surface area contributed by atoms with Gasteiger partial charge in [-0.05, 0) is 0 Å². The van der Waals surface area contributed by atoms with Crippen LogP contribution in [0.3, 0.4) is 0 Å². The lowest BCUT2D eigenvalue weighted by Crippen LogP contribution is -1.91. The summed E-state index contributed by atoms with van der Waals surface area (Å²) in [4.78, 5) is 10.5. The van der Waals surface area contributed by atoms with Crippen LogP contribution in [0.1, 0.15) is 5.56 Å². The summed E-state index contributed by atoms with van der Waals surface area (Å²) in [5.41, 5.74) is 7.21. The van der Waals surface area contributed by atoms with Gasteiger partial charge < -0.3 is 10.7 Å². The molecule has 0 saturated carbocycles. The highest BCUT2D eigenvalue weighted by Gasteiger charge is 2.06. The van der Waals surface area contributed by atoms with Gasteiger partial charge in [0.15, 0.2) is 5.82 Å². The lowest BCUT2D eigenvalue weighted by atomic mass is 10.3. The van der Waals surface area contributed by atoms with E-state index in [-0.39, 0.29) is 0 Å². The van der Waals surface area contributed by atoms with Crippen molar-refractivity contribution in [3.05, 3.63) is 18.1 Å². The Bertz CT molecular complexity index is 464. The second kappa shape index (κ2) is 2.20. The number of hydrogen-bond donors (Lipinski definition) is 2. The molecule has 0 aliphatic carbocycles. The second-order valence-electron chi connectivity index (χ2n) is 2.30. The van der Waals surface area contributed by atoms with Gasteiger partial charge in [-0.25, -0.2) is 9.97 Å². The van der Waals surface area contributed by atoms with Gasteiger partial charge in [-0.3, -0.25) is 0 Å². The van der Waals surface area contributed by atoms with E-state index in [1.807, 2.05) is 6.07 Å². The van der Waals surface area contributed by atoms with Gasteiger partial charge in [0.1, 0.15) is 23.4 Å². The average Bonchev–Trinajstić information content (AvgIpc) is 2.49. The van der Waals surface area contributed by atoms with Crippen LogP contribution in [0, 0.1) is 11.3 Å². The van der Waals surface area contributed by atoms with Gasteiger partial charge >= 0.3 is 0 Å². The minimum absolute atomic E-state index is 0.363. The van der Waals surface area contributed by atoms with Gasteiger partial charge in [-0.1, -0.05) is 0 Å². The molecule has 0 radical (unpaired) electrons. The number of anilines is 1. The Labute approximate surface area is 67.9 Å². The molecule has 0 fully saturated rings. The summed E-state index contributed by atoms with van der Waals surface area (Å²) in [6.07, 6.45) is 2.90. The predicted molar refractivity (Wildman–Crippen MR) is 43.0 cm³/mol. The van der Waals surface area contributed by atoms with Gasteiger partial charge in [0, 0.05) is 6.20 Å². The highest BCUT2D eigenvalue weighted by Crippen LogP contribution is 2.17. The third-order valence-corrected chi connectivity index (χ3v) is 1.61. The number of H-pyrrole nitrogens is 1. The fourth-order valence-corrected chi connectivity index (χ4v) is 1.04. The number of nitrogens with one attached hydrogen (secondary N) is 1. The zero-order chi connectivity index (χ0) is 8.55. The van der Waals surface area contributed by atoms with Crippen molar-refractivity contribution in [3.8, 4) is 6.07 Å². The summed E-state index contributed by atoms with van der Waals surface area (Å²) in [7, 11) is 0. The fourth-order valence-electron chi connectivity index (χ4n) is 1.04. The Morgan fingerprint density at radius 1 is 1.50 bits per heavy atom. The first-order valence-electron chi connectivity index (χ1n) is 3.30. The summed E-state index contributed by atoms with van der Waals surface area (Å²) in [6.45, 7) is 0. The summed E-state index contributed by atoms with van der Waals surface area (Å²) >= 11 is 0. The number of nitrogen functional groups attached to an aromatic ring is 1. The zero-order valence-electron chi connectivity index (χ0n) is 6.07. The number of fused-ring (bicyclic) bond motifs is 1. The van der Waals surface area contributed by atoms with E-state index in [4.69, 9.17) is 11.0 Å². The van der Waals surface area contributed by atoms with E-state index in [1.165, 1.54) is 6.33 Å². The standard InChI is InChI=1S/C7H5N5/c8-1-4-2-10-6-5(4)11-3-12-7(6)9/h2-3,10H,(H2,9,11,12). The van der Waals surface area contributed by atoms with Crippen molar-refractivity contribution in [2.24, 2.45) is 0 Å². The van der Waals surface area contributed by atoms with Crippen LogP contribution in [-0.4, -0.2) is 15.0 Å². The Kier molecular flexibility index (Phi) is 1.21. The van der Waals surface area contributed by atoms with Crippen LogP contribution >= 0.6 is 0 Å². The maximum atomic E-state index is 8.64. The SMILES string of the molecule is N#Cc1c[nH]c2c(N)ncnc12. The topological polar surface area (TPSA) is 91.4 Å². The number of nitrogens with two attached hydrogens (primary N) is 1. The summed E-state index contributed by atoms with van der Waals surface area (Å²) in [5.74, 6) is 0.363. The molecule has 0 saturated heterocycles. The largest absolute Gasteiger partial charge is 0.382 e. The van der Waals surface area contributed by atoms with Crippen LogP contribution in [0.2, 0.25) is 0 Å². The molecule has 3 N–H and O–H groups in total. The minimum atomic E-state index is 0.363. The normalized spacial score (nSPS) is 9.92. The van der Waals surface area contributed by atoms with E-state index in [1.54, 1.807) is 6.20 Å². The van der Waals surface area contributed by atoms with Crippen LogP contribution in [0.25, 0.3) is 11.0 Å². The molecule has 2 rings (SSSR count). The van der Waals surface area contributed by atoms with Gasteiger partial charge in [0.2, 0.25) is 0 Å². The molecule has 0 aliphatic heterocycles. The molecule has 2 aromatic heterocycles. The van der Waals surface area contributed by atoms with E-state index < -0.39 is 0 Å². The first-order chi connectivity index (χ1) is 5.83. The molecule has 0 amide bonds. The molecule has 0 aliphatic rings. The van der Waals surface area contributed by atoms with Crippen molar-refractivity contribution in [3.63, 3.8) is 0 Å². The third-order valence-electron chi connectivity index (χ3n) is 1.61. The van der Waals surface area contributed by atoms with Crippen molar-refractivity contribution in [1.29, 1.82) is 5.26 Å². The molecule has 2 heterocycles. The van der Waals surface area contributed by atoms with E-state index in [9.17, 15) is 0 Å². The number of rotatable bonds is 0. The van der Waals surface area contributed by atoms with Crippen molar-refractivity contribution in [2.45, 2.75) is 0 Å². The molecule has 58 valence electrons. The first kappa shape index (κ1) is 6.61. The Balaban J connectivity index is 2.91. The molecule has 5 nitrogen and oxygen atoms in total. The van der Waals surface area contributed by atoms with Gasteiger partial charge in [0.25, 0.3) is 0 Å². The molecule has 0 spiro atoms. The molecular formula is C7H5N5. The molecule has 5 heteroatoms. The smallest absolute Gasteiger partial charge is 0.151 e. The monoisotopic (exact) mass is 159 g/mol. The highest BCUT2D eigenvalue weighted by molar-refractivity contribution is 5.88. The molecule has 12 heavy (non-hydrogen) atoms. The predicted octanol–water partition coefficient (Wildman–Crippen LogP) is 0.412. The van der Waals surface area contributed by atoms with Crippen molar-refractivity contribution in [1.82, 2.24) is 15.0 Å². The maximum absolute atomic E-state index is 8.64. The Morgan fingerprint density at radius 3 is 3.08 bits per heavy atom. The van der Waals surface area contributed by atoms with E-state index in [2.05, 4.69) is 15.0 Å². The molecule has 0 atom stereocenters. The lowest BCUT2D eigenvalue weighted by Gasteiger charge is -1.91. The van der Waals surface area contributed by atoms with Gasteiger partial charge in [0.05, 0.1) is 5.56 Å². The fraction of sp³-hybridized carbons (Fsp3) is 0.